The van der Waals surface area contributed by atoms with Crippen molar-refractivity contribution < 1.29 is 4.79 Å². The van der Waals surface area contributed by atoms with Crippen molar-refractivity contribution in [1.29, 1.82) is 0 Å². The van der Waals surface area contributed by atoms with Gasteiger partial charge in [0.25, 0.3) is 5.91 Å². The molecule has 1 amide bonds. The fourth-order valence-corrected chi connectivity index (χ4v) is 2.45. The number of carbonyl (C=O) groups excluding carboxylic acids is 1. The van der Waals surface area contributed by atoms with E-state index in [0.717, 1.165) is 23.1 Å². The van der Waals surface area contributed by atoms with Crippen molar-refractivity contribution in [3.8, 4) is 0 Å². The van der Waals surface area contributed by atoms with E-state index in [4.69, 9.17) is 11.6 Å². The lowest BCUT2D eigenvalue weighted by molar-refractivity contribution is 0.0949. The SMILES string of the molecule is CSCCCNC(=O)c1cc(Cl)c2ccccc2n1. The molecule has 1 aromatic carbocycles. The number of pyridine rings is 1. The highest BCUT2D eigenvalue weighted by atomic mass is 35.5. The summed E-state index contributed by atoms with van der Waals surface area (Å²) < 4.78 is 0. The first-order chi connectivity index (χ1) is 9.22. The molecule has 2 rings (SSSR count). The molecule has 1 N–H and O–H groups in total. The second-order valence-corrected chi connectivity index (χ2v) is 5.50. The maximum atomic E-state index is 12.0. The van der Waals surface area contributed by atoms with Gasteiger partial charge in [-0.05, 0) is 30.6 Å². The van der Waals surface area contributed by atoms with Crippen LogP contribution in [-0.4, -0.2) is 29.4 Å². The number of para-hydroxylation sites is 1. The largest absolute Gasteiger partial charge is 0.351 e. The molecular weight excluding hydrogens is 280 g/mol. The number of nitrogens with zero attached hydrogens (tertiary/aromatic N) is 1. The van der Waals surface area contributed by atoms with Crippen LogP contribution in [0.2, 0.25) is 5.02 Å². The molecule has 0 radical (unpaired) electrons. The molecule has 3 nitrogen and oxygen atoms in total. The number of nitrogens with one attached hydrogen (secondary N) is 1. The lowest BCUT2D eigenvalue weighted by Gasteiger charge is -2.06. The first-order valence-electron chi connectivity index (χ1n) is 6.05. The maximum Gasteiger partial charge on any atom is 0.269 e. The highest BCUT2D eigenvalue weighted by Gasteiger charge is 2.10. The van der Waals surface area contributed by atoms with E-state index in [-0.39, 0.29) is 5.91 Å². The average Bonchev–Trinajstić information content (AvgIpc) is 2.43. The number of benzene rings is 1. The van der Waals surface area contributed by atoms with Crippen molar-refractivity contribution in [3.63, 3.8) is 0 Å². The summed E-state index contributed by atoms with van der Waals surface area (Å²) in [6.45, 7) is 0.659. The number of halogens is 1. The Hall–Kier alpha value is -1.26. The lowest BCUT2D eigenvalue weighted by Crippen LogP contribution is -2.25. The van der Waals surface area contributed by atoms with Crippen molar-refractivity contribution in [2.75, 3.05) is 18.6 Å². The second-order valence-electron chi connectivity index (χ2n) is 4.11. The number of rotatable bonds is 5. The van der Waals surface area contributed by atoms with Crippen molar-refractivity contribution in [1.82, 2.24) is 10.3 Å². The summed E-state index contributed by atoms with van der Waals surface area (Å²) in [6.07, 6.45) is 3.00. The summed E-state index contributed by atoms with van der Waals surface area (Å²) in [6, 6.07) is 9.15. The fourth-order valence-electron chi connectivity index (χ4n) is 1.76. The molecule has 0 aliphatic heterocycles. The number of aromatic nitrogens is 1. The van der Waals surface area contributed by atoms with Crippen molar-refractivity contribution in [3.05, 3.63) is 41.0 Å². The van der Waals surface area contributed by atoms with Crippen LogP contribution in [0.1, 0.15) is 16.9 Å². The Bertz CT molecular complexity index is 589. The van der Waals surface area contributed by atoms with E-state index in [1.807, 2.05) is 30.5 Å². The standard InChI is InChI=1S/C14H15ClN2OS/c1-19-8-4-7-16-14(18)13-9-11(15)10-5-2-3-6-12(10)17-13/h2-3,5-6,9H,4,7-8H2,1H3,(H,16,18). The summed E-state index contributed by atoms with van der Waals surface area (Å²) >= 11 is 7.93. The Morgan fingerprint density at radius 2 is 2.21 bits per heavy atom. The van der Waals surface area contributed by atoms with Gasteiger partial charge < -0.3 is 5.32 Å². The van der Waals surface area contributed by atoms with E-state index >= 15 is 0 Å². The van der Waals surface area contributed by atoms with E-state index in [1.54, 1.807) is 17.8 Å². The van der Waals surface area contributed by atoms with Gasteiger partial charge in [-0.3, -0.25) is 4.79 Å². The van der Waals surface area contributed by atoms with Gasteiger partial charge >= 0.3 is 0 Å². The van der Waals surface area contributed by atoms with Gasteiger partial charge in [0, 0.05) is 11.9 Å². The van der Waals surface area contributed by atoms with Crippen LogP contribution >= 0.6 is 23.4 Å². The summed E-state index contributed by atoms with van der Waals surface area (Å²) in [5.74, 6) is 0.861. The molecule has 5 heteroatoms. The summed E-state index contributed by atoms with van der Waals surface area (Å²) in [5.41, 5.74) is 1.11. The predicted molar refractivity (Wildman–Crippen MR) is 82.1 cm³/mol. The van der Waals surface area contributed by atoms with Gasteiger partial charge in [-0.25, -0.2) is 4.98 Å². The molecule has 2 aromatic rings. The highest BCUT2D eigenvalue weighted by Crippen LogP contribution is 2.22. The summed E-state index contributed by atoms with van der Waals surface area (Å²) in [7, 11) is 0. The second kappa shape index (κ2) is 6.78. The van der Waals surface area contributed by atoms with Crippen molar-refractivity contribution >= 4 is 40.2 Å². The number of hydrogen-bond acceptors (Lipinski definition) is 3. The molecule has 1 aromatic heterocycles. The van der Waals surface area contributed by atoms with Gasteiger partial charge in [0.1, 0.15) is 5.69 Å². The number of fused-ring (bicyclic) bond motifs is 1. The molecule has 1 heterocycles. The van der Waals surface area contributed by atoms with Crippen LogP contribution in [0.3, 0.4) is 0 Å². The van der Waals surface area contributed by atoms with Crippen molar-refractivity contribution in [2.24, 2.45) is 0 Å². The summed E-state index contributed by atoms with van der Waals surface area (Å²) in [5, 5.41) is 4.27. The van der Waals surface area contributed by atoms with Crippen LogP contribution in [0.15, 0.2) is 30.3 Å². The Balaban J connectivity index is 2.14. The van der Waals surface area contributed by atoms with Gasteiger partial charge in [0.05, 0.1) is 10.5 Å². The molecule has 0 aliphatic rings. The molecular formula is C14H15ClN2OS. The zero-order valence-corrected chi connectivity index (χ0v) is 12.2. The number of amides is 1. The minimum absolute atomic E-state index is 0.172. The molecule has 0 atom stereocenters. The smallest absolute Gasteiger partial charge is 0.269 e. The molecule has 100 valence electrons. The van der Waals surface area contributed by atoms with E-state index in [2.05, 4.69) is 10.3 Å². The van der Waals surface area contributed by atoms with Gasteiger partial charge in [0.2, 0.25) is 0 Å². The molecule has 0 aliphatic carbocycles. The van der Waals surface area contributed by atoms with E-state index < -0.39 is 0 Å². The highest BCUT2D eigenvalue weighted by molar-refractivity contribution is 7.98. The average molecular weight is 295 g/mol. The minimum Gasteiger partial charge on any atom is -0.351 e. The third kappa shape index (κ3) is 3.61. The lowest BCUT2D eigenvalue weighted by atomic mass is 10.2. The van der Waals surface area contributed by atoms with E-state index in [0.29, 0.717) is 17.3 Å². The molecule has 0 unspecified atom stereocenters. The Morgan fingerprint density at radius 1 is 1.42 bits per heavy atom. The van der Waals surface area contributed by atoms with Gasteiger partial charge in [0.15, 0.2) is 0 Å². The first kappa shape index (κ1) is 14.2. The van der Waals surface area contributed by atoms with Crippen molar-refractivity contribution in [2.45, 2.75) is 6.42 Å². The van der Waals surface area contributed by atoms with Gasteiger partial charge in [-0.2, -0.15) is 11.8 Å². The van der Waals surface area contributed by atoms with Gasteiger partial charge in [-0.1, -0.05) is 29.8 Å². The van der Waals surface area contributed by atoms with Gasteiger partial charge in [-0.15, -0.1) is 0 Å². The third-order valence-electron chi connectivity index (χ3n) is 2.71. The van der Waals surface area contributed by atoms with Crippen LogP contribution in [0.25, 0.3) is 10.9 Å². The zero-order chi connectivity index (χ0) is 13.7. The minimum atomic E-state index is -0.172. The monoisotopic (exact) mass is 294 g/mol. The summed E-state index contributed by atoms with van der Waals surface area (Å²) in [4.78, 5) is 16.3. The maximum absolute atomic E-state index is 12.0. The van der Waals surface area contributed by atoms with Crippen LogP contribution in [-0.2, 0) is 0 Å². The molecule has 19 heavy (non-hydrogen) atoms. The number of carbonyl (C=O) groups is 1. The third-order valence-corrected chi connectivity index (χ3v) is 3.72. The van der Waals surface area contributed by atoms with E-state index in [1.165, 1.54) is 0 Å². The van der Waals surface area contributed by atoms with Crippen LogP contribution < -0.4 is 5.32 Å². The molecule has 0 saturated heterocycles. The fraction of sp³-hybridized carbons (Fsp3) is 0.286. The van der Waals surface area contributed by atoms with Crippen LogP contribution in [0.4, 0.5) is 0 Å². The predicted octanol–water partition coefficient (Wildman–Crippen LogP) is 3.37. The quantitative estimate of drug-likeness (QED) is 0.860. The number of thioether (sulfide) groups is 1. The van der Waals surface area contributed by atoms with Crippen LogP contribution in [0, 0.1) is 0 Å². The Morgan fingerprint density at radius 3 is 3.00 bits per heavy atom. The first-order valence-corrected chi connectivity index (χ1v) is 7.82. The topological polar surface area (TPSA) is 42.0 Å². The van der Waals surface area contributed by atoms with Crippen LogP contribution in [0.5, 0.6) is 0 Å². The zero-order valence-electron chi connectivity index (χ0n) is 10.6. The Kier molecular flexibility index (Phi) is 5.05. The molecule has 0 bridgehead atoms. The number of hydrogen-bond donors (Lipinski definition) is 1. The normalized spacial score (nSPS) is 10.6. The molecule has 0 saturated carbocycles. The molecule has 0 spiro atoms. The molecule has 0 fully saturated rings. The van der Waals surface area contributed by atoms with E-state index in [9.17, 15) is 4.79 Å². The Labute approximate surface area is 121 Å².